The number of hydrogen-bond acceptors (Lipinski definition) is 2. The molecule has 0 N–H and O–H groups in total. The Morgan fingerprint density at radius 3 is 2.83 bits per heavy atom. The molecule has 1 unspecified atom stereocenters. The Hall–Kier alpha value is -0.240. The maximum Gasteiger partial charge on any atom is 0.146 e. The van der Waals surface area contributed by atoms with Crippen molar-refractivity contribution in [1.82, 2.24) is 0 Å². The predicted octanol–water partition coefficient (Wildman–Crippen LogP) is 2.81. The fourth-order valence-corrected chi connectivity index (χ4v) is 2.58. The van der Waals surface area contributed by atoms with Crippen LogP contribution >= 0.6 is 11.8 Å². The minimum Gasteiger partial charge on any atom is -0.298 e. The van der Waals surface area contributed by atoms with Crippen LogP contribution in [0.3, 0.4) is 0 Å². The molecule has 1 atom stereocenters. The van der Waals surface area contributed by atoms with Gasteiger partial charge in [-0.25, -0.2) is 0 Å². The minimum atomic E-state index is 0.310. The smallest absolute Gasteiger partial charge is 0.146 e. The van der Waals surface area contributed by atoms with Gasteiger partial charge in [-0.15, -0.1) is 6.58 Å². The van der Waals surface area contributed by atoms with Gasteiger partial charge in [0.2, 0.25) is 0 Å². The van der Waals surface area contributed by atoms with Crippen molar-refractivity contribution in [1.29, 1.82) is 0 Å². The summed E-state index contributed by atoms with van der Waals surface area (Å²) < 4.78 is 0. The summed E-state index contributed by atoms with van der Waals surface area (Å²) in [6.45, 7) is 5.78. The van der Waals surface area contributed by atoms with Crippen molar-refractivity contribution in [3.05, 3.63) is 12.2 Å². The largest absolute Gasteiger partial charge is 0.298 e. The Bertz CT molecular complexity index is 180. The van der Waals surface area contributed by atoms with Gasteiger partial charge in [-0.2, -0.15) is 11.8 Å². The molecule has 12 heavy (non-hydrogen) atoms. The number of carbonyl (C=O) groups is 1. The zero-order valence-electron chi connectivity index (χ0n) is 7.64. The van der Waals surface area contributed by atoms with Crippen LogP contribution in [0.2, 0.25) is 0 Å². The minimum absolute atomic E-state index is 0.310. The first-order valence-electron chi connectivity index (χ1n) is 4.49. The first kappa shape index (κ1) is 9.85. The molecule has 1 nitrogen and oxygen atoms in total. The average molecular weight is 184 g/mol. The van der Waals surface area contributed by atoms with E-state index in [-0.39, 0.29) is 0 Å². The molecule has 0 aliphatic carbocycles. The van der Waals surface area contributed by atoms with Gasteiger partial charge in [-0.05, 0) is 31.9 Å². The number of ketones is 1. The van der Waals surface area contributed by atoms with Crippen LogP contribution in [0.5, 0.6) is 0 Å². The highest BCUT2D eigenvalue weighted by Gasteiger charge is 2.22. The van der Waals surface area contributed by atoms with Crippen LogP contribution in [0.1, 0.15) is 32.6 Å². The molecule has 0 saturated carbocycles. The van der Waals surface area contributed by atoms with E-state index in [1.165, 1.54) is 12.2 Å². The highest BCUT2D eigenvalue weighted by Crippen LogP contribution is 2.28. The Labute approximate surface area is 78.6 Å². The van der Waals surface area contributed by atoms with Crippen molar-refractivity contribution in [2.45, 2.75) is 37.9 Å². The molecule has 0 aromatic rings. The molecule has 1 heterocycles. The summed E-state index contributed by atoms with van der Waals surface area (Å²) >= 11 is 1.82. The van der Waals surface area contributed by atoms with Gasteiger partial charge in [0, 0.05) is 6.42 Å². The maximum absolute atomic E-state index is 11.5. The van der Waals surface area contributed by atoms with Crippen LogP contribution in [-0.2, 0) is 4.79 Å². The fourth-order valence-electron chi connectivity index (χ4n) is 1.33. The van der Waals surface area contributed by atoms with Crippen LogP contribution in [0, 0.1) is 0 Å². The van der Waals surface area contributed by atoms with Gasteiger partial charge in [0.15, 0.2) is 0 Å². The zero-order chi connectivity index (χ0) is 8.97. The molecule has 0 bridgehead atoms. The summed E-state index contributed by atoms with van der Waals surface area (Å²) in [7, 11) is 0. The first-order valence-corrected chi connectivity index (χ1v) is 5.53. The van der Waals surface area contributed by atoms with Gasteiger partial charge in [-0.3, -0.25) is 4.79 Å². The number of hydrogen-bond donors (Lipinski definition) is 0. The number of Topliss-reactive ketones (excluding diaryl/α,β-unsaturated/α-hetero) is 1. The lowest BCUT2D eigenvalue weighted by atomic mass is 10.1. The standard InChI is InChI=1S/C10H16OS/c1-8(2)5-6-9(11)10-4-3-7-12-10/h10H,1,3-7H2,2H3. The van der Waals surface area contributed by atoms with Gasteiger partial charge < -0.3 is 0 Å². The van der Waals surface area contributed by atoms with E-state index in [2.05, 4.69) is 6.58 Å². The lowest BCUT2D eigenvalue weighted by Gasteiger charge is -2.06. The monoisotopic (exact) mass is 184 g/mol. The lowest BCUT2D eigenvalue weighted by Crippen LogP contribution is -2.13. The normalized spacial score (nSPS) is 22.6. The Morgan fingerprint density at radius 2 is 2.33 bits per heavy atom. The summed E-state index contributed by atoms with van der Waals surface area (Å²) in [4.78, 5) is 11.5. The number of allylic oxidation sites excluding steroid dienone is 1. The van der Waals surface area contributed by atoms with E-state index < -0.39 is 0 Å². The maximum atomic E-state index is 11.5. The van der Waals surface area contributed by atoms with Crippen molar-refractivity contribution in [3.63, 3.8) is 0 Å². The van der Waals surface area contributed by atoms with E-state index in [1.54, 1.807) is 0 Å². The number of thioether (sulfide) groups is 1. The van der Waals surface area contributed by atoms with Gasteiger partial charge in [0.1, 0.15) is 5.78 Å². The third kappa shape index (κ3) is 3.02. The molecule has 1 aliphatic rings. The van der Waals surface area contributed by atoms with Crippen molar-refractivity contribution in [2.75, 3.05) is 5.75 Å². The molecule has 2 heteroatoms. The molecule has 0 aromatic heterocycles. The van der Waals surface area contributed by atoms with Crippen LogP contribution in [0.4, 0.5) is 0 Å². The molecule has 1 saturated heterocycles. The van der Waals surface area contributed by atoms with Crippen molar-refractivity contribution < 1.29 is 4.79 Å². The fraction of sp³-hybridized carbons (Fsp3) is 0.700. The molecule has 0 spiro atoms. The highest BCUT2D eigenvalue weighted by atomic mass is 32.2. The average Bonchev–Trinajstić information content (AvgIpc) is 2.51. The summed E-state index contributed by atoms with van der Waals surface area (Å²) in [5, 5.41) is 0.310. The van der Waals surface area contributed by atoms with Crippen molar-refractivity contribution in [2.24, 2.45) is 0 Å². The summed E-state index contributed by atoms with van der Waals surface area (Å²) in [5.41, 5.74) is 1.12. The molecule has 1 fully saturated rings. The molecule has 0 radical (unpaired) electrons. The predicted molar refractivity (Wildman–Crippen MR) is 54.5 cm³/mol. The Morgan fingerprint density at radius 1 is 1.58 bits per heavy atom. The Balaban J connectivity index is 2.23. The van der Waals surface area contributed by atoms with E-state index in [9.17, 15) is 4.79 Å². The van der Waals surface area contributed by atoms with Gasteiger partial charge in [0.25, 0.3) is 0 Å². The number of rotatable bonds is 4. The second kappa shape index (κ2) is 4.70. The third-order valence-corrected chi connectivity index (χ3v) is 3.51. The Kier molecular flexibility index (Phi) is 3.86. The van der Waals surface area contributed by atoms with Crippen molar-refractivity contribution >= 4 is 17.5 Å². The zero-order valence-corrected chi connectivity index (χ0v) is 8.45. The van der Waals surface area contributed by atoms with Gasteiger partial charge >= 0.3 is 0 Å². The van der Waals surface area contributed by atoms with E-state index in [0.29, 0.717) is 17.5 Å². The second-order valence-electron chi connectivity index (χ2n) is 3.43. The third-order valence-electron chi connectivity index (χ3n) is 2.09. The van der Waals surface area contributed by atoms with Crippen LogP contribution in [-0.4, -0.2) is 16.8 Å². The molecule has 1 aliphatic heterocycles. The van der Waals surface area contributed by atoms with Gasteiger partial charge in [-0.1, -0.05) is 5.57 Å². The van der Waals surface area contributed by atoms with Crippen molar-refractivity contribution in [3.8, 4) is 0 Å². The summed E-state index contributed by atoms with van der Waals surface area (Å²) in [6.07, 6.45) is 3.89. The van der Waals surface area contributed by atoms with E-state index >= 15 is 0 Å². The summed E-state index contributed by atoms with van der Waals surface area (Å²) in [5.74, 6) is 1.60. The highest BCUT2D eigenvalue weighted by molar-refractivity contribution is 8.00. The lowest BCUT2D eigenvalue weighted by molar-refractivity contribution is -0.118. The molecule has 68 valence electrons. The number of carbonyl (C=O) groups excluding carboxylic acids is 1. The second-order valence-corrected chi connectivity index (χ2v) is 4.74. The molecule has 0 amide bonds. The molecule has 1 rings (SSSR count). The molecule has 0 aromatic carbocycles. The quantitative estimate of drug-likeness (QED) is 0.625. The molecular formula is C10H16OS. The molecular weight excluding hydrogens is 168 g/mol. The SMILES string of the molecule is C=C(C)CCC(=O)C1CCCS1. The topological polar surface area (TPSA) is 17.1 Å². The van der Waals surface area contributed by atoms with E-state index in [1.807, 2.05) is 18.7 Å². The van der Waals surface area contributed by atoms with Crippen LogP contribution in [0.25, 0.3) is 0 Å². The van der Waals surface area contributed by atoms with Crippen LogP contribution in [0.15, 0.2) is 12.2 Å². The van der Waals surface area contributed by atoms with Crippen LogP contribution < -0.4 is 0 Å². The summed E-state index contributed by atoms with van der Waals surface area (Å²) in [6, 6.07) is 0. The first-order chi connectivity index (χ1) is 5.70. The van der Waals surface area contributed by atoms with E-state index in [4.69, 9.17) is 0 Å². The van der Waals surface area contributed by atoms with E-state index in [0.717, 1.165) is 18.4 Å². The van der Waals surface area contributed by atoms with Gasteiger partial charge in [0.05, 0.1) is 5.25 Å².